The van der Waals surface area contributed by atoms with Gasteiger partial charge in [-0.25, -0.2) is 0 Å². The van der Waals surface area contributed by atoms with Gasteiger partial charge in [-0.05, 0) is 44.6 Å². The third-order valence-corrected chi connectivity index (χ3v) is 3.91. The van der Waals surface area contributed by atoms with Gasteiger partial charge in [0.1, 0.15) is 5.60 Å². The summed E-state index contributed by atoms with van der Waals surface area (Å²) in [5.74, 6) is 0. The first-order valence-electron chi connectivity index (χ1n) is 7.44. The fourth-order valence-corrected chi connectivity index (χ4v) is 2.61. The van der Waals surface area contributed by atoms with Gasteiger partial charge in [0, 0.05) is 6.54 Å². The van der Waals surface area contributed by atoms with Gasteiger partial charge in [-0.1, -0.05) is 54.6 Å². The Balaban J connectivity index is 2.37. The second-order valence-corrected chi connectivity index (χ2v) is 5.87. The maximum Gasteiger partial charge on any atom is 0.116 e. The van der Waals surface area contributed by atoms with Gasteiger partial charge in [0.2, 0.25) is 0 Å². The van der Waals surface area contributed by atoms with Gasteiger partial charge in [-0.15, -0.1) is 0 Å². The standard InChI is InChI=1S/C19H25NO/c1-16-10-8-9-13-18(16)19(2,21-15-14-20(3)4)17-11-6-5-7-12-17/h5-13H,14-15H2,1-4H3. The summed E-state index contributed by atoms with van der Waals surface area (Å²) in [5, 5.41) is 0. The lowest BCUT2D eigenvalue weighted by Gasteiger charge is -2.33. The summed E-state index contributed by atoms with van der Waals surface area (Å²) in [6, 6.07) is 18.9. The number of nitrogens with zero attached hydrogens (tertiary/aromatic N) is 1. The molecule has 0 spiro atoms. The smallest absolute Gasteiger partial charge is 0.116 e. The van der Waals surface area contributed by atoms with E-state index in [4.69, 9.17) is 4.74 Å². The van der Waals surface area contributed by atoms with E-state index in [0.717, 1.165) is 6.54 Å². The summed E-state index contributed by atoms with van der Waals surface area (Å²) in [4.78, 5) is 2.14. The molecule has 2 heteroatoms. The van der Waals surface area contributed by atoms with E-state index in [0.29, 0.717) is 6.61 Å². The van der Waals surface area contributed by atoms with Crippen molar-refractivity contribution in [1.82, 2.24) is 4.90 Å². The summed E-state index contributed by atoms with van der Waals surface area (Å²) in [6.45, 7) is 5.92. The van der Waals surface area contributed by atoms with Gasteiger partial charge in [-0.3, -0.25) is 0 Å². The van der Waals surface area contributed by atoms with Crippen LogP contribution in [0.2, 0.25) is 0 Å². The summed E-state index contributed by atoms with van der Waals surface area (Å²) in [7, 11) is 4.13. The highest BCUT2D eigenvalue weighted by atomic mass is 16.5. The van der Waals surface area contributed by atoms with Gasteiger partial charge < -0.3 is 9.64 Å². The highest BCUT2D eigenvalue weighted by Crippen LogP contribution is 2.35. The van der Waals surface area contributed by atoms with E-state index in [9.17, 15) is 0 Å². The van der Waals surface area contributed by atoms with Crippen molar-refractivity contribution in [2.24, 2.45) is 0 Å². The monoisotopic (exact) mass is 283 g/mol. The van der Waals surface area contributed by atoms with Crippen LogP contribution in [-0.4, -0.2) is 32.1 Å². The second-order valence-electron chi connectivity index (χ2n) is 5.87. The molecule has 2 rings (SSSR count). The second kappa shape index (κ2) is 6.88. The Hall–Kier alpha value is -1.64. The van der Waals surface area contributed by atoms with Crippen molar-refractivity contribution in [1.29, 1.82) is 0 Å². The molecule has 0 aliphatic carbocycles. The van der Waals surface area contributed by atoms with E-state index in [1.807, 2.05) is 6.07 Å². The maximum atomic E-state index is 6.35. The first-order valence-corrected chi connectivity index (χ1v) is 7.44. The van der Waals surface area contributed by atoms with Crippen molar-refractivity contribution in [3.63, 3.8) is 0 Å². The molecule has 2 aromatic carbocycles. The number of ether oxygens (including phenoxy) is 1. The summed E-state index contributed by atoms with van der Waals surface area (Å²) >= 11 is 0. The number of aryl methyl sites for hydroxylation is 1. The molecule has 2 nitrogen and oxygen atoms in total. The number of hydrogen-bond acceptors (Lipinski definition) is 2. The van der Waals surface area contributed by atoms with Gasteiger partial charge in [0.05, 0.1) is 6.61 Å². The van der Waals surface area contributed by atoms with E-state index in [1.165, 1.54) is 16.7 Å². The van der Waals surface area contributed by atoms with Crippen molar-refractivity contribution < 1.29 is 4.74 Å². The van der Waals surface area contributed by atoms with Crippen LogP contribution in [-0.2, 0) is 10.3 Å². The van der Waals surface area contributed by atoms with Gasteiger partial charge in [0.15, 0.2) is 0 Å². The van der Waals surface area contributed by atoms with E-state index >= 15 is 0 Å². The van der Waals surface area contributed by atoms with Crippen molar-refractivity contribution in [2.45, 2.75) is 19.4 Å². The third-order valence-electron chi connectivity index (χ3n) is 3.91. The molecule has 0 amide bonds. The predicted molar refractivity (Wildman–Crippen MR) is 88.6 cm³/mol. The molecule has 0 aliphatic rings. The normalized spacial score (nSPS) is 14.1. The molecule has 0 fully saturated rings. The average Bonchev–Trinajstić information content (AvgIpc) is 2.48. The molecular formula is C19H25NO. The molecule has 0 bridgehead atoms. The van der Waals surface area contributed by atoms with Crippen LogP contribution < -0.4 is 0 Å². The lowest BCUT2D eigenvalue weighted by molar-refractivity contribution is -0.0105. The lowest BCUT2D eigenvalue weighted by Crippen LogP contribution is -2.31. The third kappa shape index (κ3) is 3.72. The van der Waals surface area contributed by atoms with Crippen LogP contribution in [0.25, 0.3) is 0 Å². The molecule has 2 aromatic rings. The van der Waals surface area contributed by atoms with E-state index in [-0.39, 0.29) is 0 Å². The molecule has 0 saturated carbocycles. The number of rotatable bonds is 6. The fraction of sp³-hybridized carbons (Fsp3) is 0.368. The number of benzene rings is 2. The predicted octanol–water partition coefficient (Wildman–Crippen LogP) is 3.84. The zero-order chi connectivity index (χ0) is 15.3. The van der Waals surface area contributed by atoms with Gasteiger partial charge in [-0.2, -0.15) is 0 Å². The minimum absolute atomic E-state index is 0.414. The Labute approximate surface area is 128 Å². The van der Waals surface area contributed by atoms with Gasteiger partial charge >= 0.3 is 0 Å². The molecule has 0 saturated heterocycles. The molecule has 21 heavy (non-hydrogen) atoms. The van der Waals surface area contributed by atoms with Crippen LogP contribution >= 0.6 is 0 Å². The molecule has 112 valence electrons. The quantitative estimate of drug-likeness (QED) is 0.798. The topological polar surface area (TPSA) is 12.5 Å². The minimum Gasteiger partial charge on any atom is -0.364 e. The van der Waals surface area contributed by atoms with Crippen LogP contribution in [0.4, 0.5) is 0 Å². The van der Waals surface area contributed by atoms with Crippen LogP contribution in [0.15, 0.2) is 54.6 Å². The molecule has 0 aromatic heterocycles. The zero-order valence-electron chi connectivity index (χ0n) is 13.5. The molecule has 1 atom stereocenters. The first-order chi connectivity index (χ1) is 10.0. The van der Waals surface area contributed by atoms with Crippen molar-refractivity contribution >= 4 is 0 Å². The molecule has 1 unspecified atom stereocenters. The minimum atomic E-state index is -0.414. The van der Waals surface area contributed by atoms with Crippen LogP contribution in [0, 0.1) is 6.92 Å². The fourth-order valence-electron chi connectivity index (χ4n) is 2.61. The Kier molecular flexibility index (Phi) is 5.16. The number of likely N-dealkylation sites (N-methyl/N-ethyl adjacent to an activating group) is 1. The molecule has 0 heterocycles. The van der Waals surface area contributed by atoms with E-state index < -0.39 is 5.60 Å². The molecular weight excluding hydrogens is 258 g/mol. The summed E-state index contributed by atoms with van der Waals surface area (Å²) in [5.41, 5.74) is 3.27. The maximum absolute atomic E-state index is 6.35. The van der Waals surface area contributed by atoms with Gasteiger partial charge in [0.25, 0.3) is 0 Å². The summed E-state index contributed by atoms with van der Waals surface area (Å²) < 4.78 is 6.35. The van der Waals surface area contributed by atoms with Crippen LogP contribution in [0.1, 0.15) is 23.6 Å². The highest BCUT2D eigenvalue weighted by molar-refractivity contribution is 5.40. The van der Waals surface area contributed by atoms with E-state index in [2.05, 4.69) is 81.4 Å². The lowest BCUT2D eigenvalue weighted by atomic mass is 9.85. The van der Waals surface area contributed by atoms with E-state index in [1.54, 1.807) is 0 Å². The van der Waals surface area contributed by atoms with Crippen molar-refractivity contribution in [3.05, 3.63) is 71.3 Å². The summed E-state index contributed by atoms with van der Waals surface area (Å²) in [6.07, 6.45) is 0. The Bertz CT molecular complexity index is 565. The largest absolute Gasteiger partial charge is 0.364 e. The van der Waals surface area contributed by atoms with Crippen molar-refractivity contribution in [3.8, 4) is 0 Å². The highest BCUT2D eigenvalue weighted by Gasteiger charge is 2.30. The van der Waals surface area contributed by atoms with Crippen LogP contribution in [0.3, 0.4) is 0 Å². The molecule has 0 aliphatic heterocycles. The number of hydrogen-bond donors (Lipinski definition) is 0. The Morgan fingerprint density at radius 1 is 0.952 bits per heavy atom. The molecule has 0 radical (unpaired) electrons. The Morgan fingerprint density at radius 3 is 2.19 bits per heavy atom. The van der Waals surface area contributed by atoms with Crippen LogP contribution in [0.5, 0.6) is 0 Å². The molecule has 0 N–H and O–H groups in total. The SMILES string of the molecule is Cc1ccccc1C(C)(OCCN(C)C)c1ccccc1. The average molecular weight is 283 g/mol. The Morgan fingerprint density at radius 2 is 1.57 bits per heavy atom. The van der Waals surface area contributed by atoms with Crippen molar-refractivity contribution in [2.75, 3.05) is 27.2 Å². The zero-order valence-corrected chi connectivity index (χ0v) is 13.5. The first kappa shape index (κ1) is 15.7.